The van der Waals surface area contributed by atoms with Crippen LogP contribution < -0.4 is 5.43 Å². The predicted octanol–water partition coefficient (Wildman–Crippen LogP) is 3.07. The Morgan fingerprint density at radius 2 is 1.68 bits per heavy atom. The summed E-state index contributed by atoms with van der Waals surface area (Å²) in [6.07, 6.45) is -0.775. The number of carbonyl (C=O) groups is 2. The van der Waals surface area contributed by atoms with Gasteiger partial charge in [-0.25, -0.2) is 0 Å². The summed E-state index contributed by atoms with van der Waals surface area (Å²) >= 11 is 0. The van der Waals surface area contributed by atoms with Crippen LogP contribution >= 0.6 is 0 Å². The van der Waals surface area contributed by atoms with E-state index in [0.717, 1.165) is 0 Å². The van der Waals surface area contributed by atoms with Gasteiger partial charge in [-0.3, -0.25) is 14.4 Å². The summed E-state index contributed by atoms with van der Waals surface area (Å²) in [5.41, 5.74) is 0.302. The molecule has 0 fully saturated rings. The smallest absolute Gasteiger partial charge is 0.202 e. The lowest BCUT2D eigenvalue weighted by atomic mass is 9.81. The number of aliphatic hydroxyl groups is 1. The second kappa shape index (κ2) is 6.14. The number of carbonyl (C=O) groups excluding carboxylic acids is 2. The minimum Gasteiger partial charge on any atom is -0.507 e. The Bertz CT molecular complexity index is 1230. The second-order valence-corrected chi connectivity index (χ2v) is 7.22. The van der Waals surface area contributed by atoms with Gasteiger partial charge in [0.25, 0.3) is 0 Å². The number of aliphatic hydroxyl groups excluding tert-OH is 1. The first kappa shape index (κ1) is 18.1. The van der Waals surface area contributed by atoms with Crippen molar-refractivity contribution in [1.82, 2.24) is 0 Å². The van der Waals surface area contributed by atoms with Gasteiger partial charge in [0.2, 0.25) is 5.78 Å². The summed E-state index contributed by atoms with van der Waals surface area (Å²) < 4.78 is 5.90. The van der Waals surface area contributed by atoms with Crippen molar-refractivity contribution >= 4 is 22.5 Å². The van der Waals surface area contributed by atoms with Crippen molar-refractivity contribution in [3.05, 3.63) is 74.1 Å². The van der Waals surface area contributed by atoms with Gasteiger partial charge in [0, 0.05) is 23.1 Å². The predicted molar refractivity (Wildman–Crippen MR) is 102 cm³/mol. The molecular weight excluding hydrogens is 360 g/mol. The number of benzene rings is 2. The maximum Gasteiger partial charge on any atom is 0.202 e. The quantitative estimate of drug-likeness (QED) is 0.555. The second-order valence-electron chi connectivity index (χ2n) is 7.22. The van der Waals surface area contributed by atoms with E-state index < -0.39 is 23.6 Å². The summed E-state index contributed by atoms with van der Waals surface area (Å²) in [4.78, 5) is 38.9. The van der Waals surface area contributed by atoms with Crippen LogP contribution in [0.3, 0.4) is 0 Å². The summed E-state index contributed by atoms with van der Waals surface area (Å²) in [6.45, 7) is 4.95. The zero-order chi connectivity index (χ0) is 20.3. The average Bonchev–Trinajstić information content (AvgIpc) is 2.64. The first-order valence-electron chi connectivity index (χ1n) is 8.93. The molecule has 0 radical (unpaired) electrons. The number of hydrogen-bond donors (Lipinski definition) is 2. The highest BCUT2D eigenvalue weighted by molar-refractivity contribution is 6.32. The lowest BCUT2D eigenvalue weighted by molar-refractivity contribution is 0.0976. The minimum atomic E-state index is -0.775. The number of aryl methyl sites for hydroxylation is 1. The number of rotatable bonds is 2. The third-order valence-corrected chi connectivity index (χ3v) is 5.38. The standard InChI is InChI=1S/C22H18O6/c1-9-7-13-19(21(27)18-12(20(13)26)5-4-6-14(18)24)22-17(9)15(25)8-16(28-22)10(2)11(3)23/h4-8,10-11,23-24H,1-3H3/t10-,11+/m0/s1. The fraction of sp³-hybridized carbons (Fsp3) is 0.227. The van der Waals surface area contributed by atoms with Gasteiger partial charge in [0.05, 0.1) is 22.6 Å². The van der Waals surface area contributed by atoms with Crippen LogP contribution in [0.2, 0.25) is 0 Å². The van der Waals surface area contributed by atoms with Crippen LogP contribution in [-0.4, -0.2) is 27.9 Å². The summed E-state index contributed by atoms with van der Waals surface area (Å²) in [5, 5.41) is 20.3. The van der Waals surface area contributed by atoms with Crippen LogP contribution in [0.5, 0.6) is 5.75 Å². The van der Waals surface area contributed by atoms with Crippen LogP contribution in [0.25, 0.3) is 11.0 Å². The number of hydrogen-bond acceptors (Lipinski definition) is 6. The lowest BCUT2D eigenvalue weighted by Crippen LogP contribution is -2.23. The number of phenols is 1. The third kappa shape index (κ3) is 2.42. The highest BCUT2D eigenvalue weighted by atomic mass is 16.3. The molecule has 2 atom stereocenters. The first-order valence-corrected chi connectivity index (χ1v) is 8.93. The van der Waals surface area contributed by atoms with Crippen molar-refractivity contribution < 1.29 is 24.2 Å². The van der Waals surface area contributed by atoms with Gasteiger partial charge < -0.3 is 14.6 Å². The summed E-state index contributed by atoms with van der Waals surface area (Å²) in [6, 6.07) is 7.14. The topological polar surface area (TPSA) is 105 Å². The summed E-state index contributed by atoms with van der Waals surface area (Å²) in [7, 11) is 0. The molecule has 1 heterocycles. The zero-order valence-corrected chi connectivity index (χ0v) is 15.6. The molecule has 0 unspecified atom stereocenters. The van der Waals surface area contributed by atoms with Crippen LogP contribution in [0.1, 0.15) is 62.9 Å². The van der Waals surface area contributed by atoms with Gasteiger partial charge in [0.15, 0.2) is 11.2 Å². The molecule has 2 aromatic carbocycles. The summed E-state index contributed by atoms with van der Waals surface area (Å²) in [5.74, 6) is -1.54. The molecule has 0 spiro atoms. The van der Waals surface area contributed by atoms with Crippen molar-refractivity contribution in [3.8, 4) is 5.75 Å². The van der Waals surface area contributed by atoms with Crippen molar-refractivity contribution in [2.45, 2.75) is 32.8 Å². The van der Waals surface area contributed by atoms with Gasteiger partial charge in [0.1, 0.15) is 17.1 Å². The van der Waals surface area contributed by atoms with Crippen molar-refractivity contribution in [2.24, 2.45) is 0 Å². The molecule has 6 nitrogen and oxygen atoms in total. The van der Waals surface area contributed by atoms with E-state index in [4.69, 9.17) is 4.42 Å². The molecule has 1 aliphatic rings. The van der Waals surface area contributed by atoms with E-state index in [1.165, 1.54) is 30.3 Å². The molecule has 0 aliphatic heterocycles. The van der Waals surface area contributed by atoms with Gasteiger partial charge in [-0.15, -0.1) is 0 Å². The number of ketones is 2. The van der Waals surface area contributed by atoms with E-state index >= 15 is 0 Å². The van der Waals surface area contributed by atoms with Crippen LogP contribution in [0.4, 0.5) is 0 Å². The van der Waals surface area contributed by atoms with Crippen molar-refractivity contribution in [2.75, 3.05) is 0 Å². The van der Waals surface area contributed by atoms with E-state index in [0.29, 0.717) is 5.56 Å². The van der Waals surface area contributed by atoms with Gasteiger partial charge >= 0.3 is 0 Å². The number of fused-ring (bicyclic) bond motifs is 4. The highest BCUT2D eigenvalue weighted by Gasteiger charge is 2.35. The average molecular weight is 378 g/mol. The maximum atomic E-state index is 13.2. The molecule has 0 bridgehead atoms. The molecule has 28 heavy (non-hydrogen) atoms. The van der Waals surface area contributed by atoms with E-state index in [2.05, 4.69) is 0 Å². The number of aromatic hydroxyl groups is 1. The van der Waals surface area contributed by atoms with Crippen molar-refractivity contribution in [1.29, 1.82) is 0 Å². The van der Waals surface area contributed by atoms with Crippen LogP contribution in [0.15, 0.2) is 39.5 Å². The fourth-order valence-electron chi connectivity index (χ4n) is 3.65. The van der Waals surface area contributed by atoms with Gasteiger partial charge in [-0.1, -0.05) is 19.1 Å². The Morgan fingerprint density at radius 1 is 0.964 bits per heavy atom. The molecule has 3 aromatic rings. The SMILES string of the molecule is Cc1cc2c(c3oc([C@@H](C)[C@@H](C)O)cc(=O)c13)C(=O)c1c(O)cccc1C2=O. The van der Waals surface area contributed by atoms with Crippen molar-refractivity contribution in [3.63, 3.8) is 0 Å². The molecule has 0 amide bonds. The molecule has 1 aliphatic carbocycles. The Morgan fingerprint density at radius 3 is 2.36 bits per heavy atom. The van der Waals surface area contributed by atoms with Crippen LogP contribution in [0, 0.1) is 6.92 Å². The normalized spacial score (nSPS) is 15.3. The Hall–Kier alpha value is -3.25. The molecule has 142 valence electrons. The van der Waals surface area contributed by atoms with E-state index in [1.54, 1.807) is 20.8 Å². The Balaban J connectivity index is 2.13. The lowest BCUT2D eigenvalue weighted by Gasteiger charge is -2.21. The third-order valence-electron chi connectivity index (χ3n) is 5.38. The minimum absolute atomic E-state index is 0.0113. The molecule has 0 saturated heterocycles. The zero-order valence-electron chi connectivity index (χ0n) is 15.6. The fourth-order valence-corrected chi connectivity index (χ4v) is 3.65. The van der Waals surface area contributed by atoms with Gasteiger partial charge in [-0.2, -0.15) is 0 Å². The van der Waals surface area contributed by atoms with E-state index in [9.17, 15) is 24.6 Å². The highest BCUT2D eigenvalue weighted by Crippen LogP contribution is 2.37. The van der Waals surface area contributed by atoms with Gasteiger partial charge in [-0.05, 0) is 31.5 Å². The number of phenolic OH excluding ortho intramolecular Hbond substituents is 1. The van der Waals surface area contributed by atoms with Crippen LogP contribution in [-0.2, 0) is 0 Å². The largest absolute Gasteiger partial charge is 0.507 e. The van der Waals surface area contributed by atoms with E-state index in [1.807, 2.05) is 0 Å². The molecule has 1 aromatic heterocycles. The maximum absolute atomic E-state index is 13.2. The first-order chi connectivity index (χ1) is 13.2. The Kier molecular flexibility index (Phi) is 3.97. The molecular formula is C22H18O6. The Labute approximate surface area is 160 Å². The molecule has 0 saturated carbocycles. The molecule has 6 heteroatoms. The monoisotopic (exact) mass is 378 g/mol. The molecule has 2 N–H and O–H groups in total. The molecule has 4 rings (SSSR count). The van der Waals surface area contributed by atoms with E-state index in [-0.39, 0.29) is 50.2 Å².